The number of hydrogen-bond acceptors (Lipinski definition) is 4. The number of aryl methyl sites for hydroxylation is 4. The minimum atomic E-state index is -0.107. The predicted molar refractivity (Wildman–Crippen MR) is 85.0 cm³/mol. The molecule has 1 amide bonds. The predicted octanol–water partition coefficient (Wildman–Crippen LogP) is 2.57. The van der Waals surface area contributed by atoms with Crippen LogP contribution < -0.4 is 10.2 Å². The van der Waals surface area contributed by atoms with Crippen LogP contribution in [0.1, 0.15) is 29.1 Å². The highest BCUT2D eigenvalue weighted by molar-refractivity contribution is 7.07. The number of hydrogen-bond donors (Lipinski definition) is 1. The van der Waals surface area contributed by atoms with Crippen LogP contribution in [-0.4, -0.2) is 15.5 Å². The van der Waals surface area contributed by atoms with Gasteiger partial charge in [-0.3, -0.25) is 14.6 Å². The summed E-state index contributed by atoms with van der Waals surface area (Å²) < 4.78 is 1.62. The summed E-state index contributed by atoms with van der Waals surface area (Å²) >= 11 is 1.16. The molecule has 0 fully saturated rings. The second-order valence-electron chi connectivity index (χ2n) is 5.13. The van der Waals surface area contributed by atoms with Gasteiger partial charge in [0.05, 0.1) is 11.4 Å². The van der Waals surface area contributed by atoms with Crippen LogP contribution in [0.15, 0.2) is 16.2 Å². The summed E-state index contributed by atoms with van der Waals surface area (Å²) in [5.74, 6) is -0.107. The van der Waals surface area contributed by atoms with Crippen molar-refractivity contribution in [2.75, 3.05) is 5.32 Å². The number of pyridine rings is 1. The van der Waals surface area contributed by atoms with E-state index in [9.17, 15) is 9.59 Å². The first-order valence-electron chi connectivity index (χ1n) is 6.78. The second-order valence-corrected chi connectivity index (χ2v) is 5.95. The van der Waals surface area contributed by atoms with Gasteiger partial charge in [-0.2, -0.15) is 0 Å². The number of nitrogens with zero attached hydrogens (tertiary/aromatic N) is 2. The zero-order valence-electron chi connectivity index (χ0n) is 12.7. The molecule has 6 heteroatoms. The molecular formula is C15H19N3O2S. The molecule has 0 aliphatic carbocycles. The molecule has 2 heterocycles. The first-order valence-corrected chi connectivity index (χ1v) is 7.66. The number of carbonyl (C=O) groups excluding carboxylic acids is 1. The molecular weight excluding hydrogens is 286 g/mol. The highest BCUT2D eigenvalue weighted by Gasteiger charge is 2.10. The van der Waals surface area contributed by atoms with Gasteiger partial charge in [-0.1, -0.05) is 11.3 Å². The number of aromatic nitrogens is 2. The molecule has 5 nitrogen and oxygen atoms in total. The van der Waals surface area contributed by atoms with Crippen molar-refractivity contribution < 1.29 is 4.79 Å². The van der Waals surface area contributed by atoms with Gasteiger partial charge in [0.1, 0.15) is 0 Å². The third kappa shape index (κ3) is 3.58. The van der Waals surface area contributed by atoms with Gasteiger partial charge in [-0.05, 0) is 39.3 Å². The lowest BCUT2D eigenvalue weighted by atomic mass is 10.1. The molecule has 2 rings (SSSR count). The molecule has 0 unspecified atom stereocenters. The summed E-state index contributed by atoms with van der Waals surface area (Å²) in [6.07, 6.45) is 0.268. The molecule has 0 saturated heterocycles. The summed E-state index contributed by atoms with van der Waals surface area (Å²) in [7, 11) is 0. The third-order valence-electron chi connectivity index (χ3n) is 3.33. The Morgan fingerprint density at radius 3 is 2.62 bits per heavy atom. The van der Waals surface area contributed by atoms with Gasteiger partial charge < -0.3 is 9.88 Å². The second kappa shape index (κ2) is 6.22. The van der Waals surface area contributed by atoms with Gasteiger partial charge in [0, 0.05) is 29.7 Å². The Labute approximate surface area is 127 Å². The molecule has 0 aliphatic rings. The molecule has 0 atom stereocenters. The largest absolute Gasteiger partial charge is 0.324 e. The summed E-state index contributed by atoms with van der Waals surface area (Å²) in [6.45, 7) is 8.02. The van der Waals surface area contributed by atoms with Crippen LogP contribution in [0.3, 0.4) is 0 Å². The Morgan fingerprint density at radius 2 is 2.05 bits per heavy atom. The van der Waals surface area contributed by atoms with Crippen LogP contribution >= 0.6 is 11.3 Å². The highest BCUT2D eigenvalue weighted by Crippen LogP contribution is 2.19. The van der Waals surface area contributed by atoms with E-state index < -0.39 is 0 Å². The number of carbonyl (C=O) groups is 1. The normalized spacial score (nSPS) is 10.7. The number of anilines is 1. The Kier molecular flexibility index (Phi) is 4.57. The van der Waals surface area contributed by atoms with Crippen LogP contribution in [0.5, 0.6) is 0 Å². The van der Waals surface area contributed by atoms with Crippen LogP contribution in [-0.2, 0) is 11.3 Å². The first-order chi connectivity index (χ1) is 9.88. The number of nitrogens with one attached hydrogen (secondary N) is 1. The maximum Gasteiger partial charge on any atom is 0.307 e. The van der Waals surface area contributed by atoms with Gasteiger partial charge in [0.2, 0.25) is 5.91 Å². The molecule has 2 aromatic rings. The Bertz CT molecular complexity index is 708. The zero-order chi connectivity index (χ0) is 15.6. The summed E-state index contributed by atoms with van der Waals surface area (Å²) in [5.41, 5.74) is 4.40. The van der Waals surface area contributed by atoms with E-state index in [4.69, 9.17) is 0 Å². The molecule has 2 aromatic heterocycles. The van der Waals surface area contributed by atoms with Crippen molar-refractivity contribution in [1.29, 1.82) is 0 Å². The maximum atomic E-state index is 12.1. The summed E-state index contributed by atoms with van der Waals surface area (Å²) in [6, 6.07) is 1.94. The standard InChI is InChI=1S/C15H19N3O2S/c1-9-7-10(2)16-12(4)14(9)17-13(19)5-6-18-11(3)8-21-15(18)20/h7-8H,5-6H2,1-4H3,(H,17,19). The van der Waals surface area contributed by atoms with Gasteiger partial charge in [-0.25, -0.2) is 0 Å². The monoisotopic (exact) mass is 305 g/mol. The molecule has 21 heavy (non-hydrogen) atoms. The smallest absolute Gasteiger partial charge is 0.307 e. The van der Waals surface area contributed by atoms with Crippen molar-refractivity contribution in [3.05, 3.63) is 43.8 Å². The van der Waals surface area contributed by atoms with E-state index in [-0.39, 0.29) is 17.2 Å². The molecule has 0 radical (unpaired) electrons. The van der Waals surface area contributed by atoms with Crippen molar-refractivity contribution in [3.63, 3.8) is 0 Å². The van der Waals surface area contributed by atoms with E-state index in [0.717, 1.165) is 39.7 Å². The molecule has 0 saturated carbocycles. The molecule has 112 valence electrons. The number of rotatable bonds is 4. The van der Waals surface area contributed by atoms with Gasteiger partial charge in [0.25, 0.3) is 0 Å². The minimum Gasteiger partial charge on any atom is -0.324 e. The van der Waals surface area contributed by atoms with Gasteiger partial charge >= 0.3 is 4.87 Å². The van der Waals surface area contributed by atoms with Crippen LogP contribution in [0, 0.1) is 27.7 Å². The average Bonchev–Trinajstić information content (AvgIpc) is 2.71. The molecule has 0 aromatic carbocycles. The van der Waals surface area contributed by atoms with E-state index in [0.29, 0.717) is 6.54 Å². The lowest BCUT2D eigenvalue weighted by Gasteiger charge is -2.12. The highest BCUT2D eigenvalue weighted by atomic mass is 32.1. The van der Waals surface area contributed by atoms with E-state index in [1.807, 2.05) is 33.8 Å². The Balaban J connectivity index is 2.05. The van der Waals surface area contributed by atoms with Gasteiger partial charge in [-0.15, -0.1) is 0 Å². The topological polar surface area (TPSA) is 64.0 Å². The van der Waals surface area contributed by atoms with Gasteiger partial charge in [0.15, 0.2) is 0 Å². The quantitative estimate of drug-likeness (QED) is 0.944. The summed E-state index contributed by atoms with van der Waals surface area (Å²) in [4.78, 5) is 28.0. The average molecular weight is 305 g/mol. The van der Waals surface area contributed by atoms with Crippen LogP contribution in [0.25, 0.3) is 0 Å². The van der Waals surface area contributed by atoms with Crippen molar-refractivity contribution in [2.24, 2.45) is 0 Å². The SMILES string of the molecule is Cc1cc(C)c(NC(=O)CCn2c(C)csc2=O)c(C)n1. The van der Waals surface area contributed by atoms with Crippen molar-refractivity contribution in [2.45, 2.75) is 40.7 Å². The fourth-order valence-corrected chi connectivity index (χ4v) is 3.06. The van der Waals surface area contributed by atoms with E-state index >= 15 is 0 Å². The molecule has 1 N–H and O–H groups in total. The van der Waals surface area contributed by atoms with Crippen molar-refractivity contribution >= 4 is 22.9 Å². The zero-order valence-corrected chi connectivity index (χ0v) is 13.5. The fourth-order valence-electron chi connectivity index (χ4n) is 2.30. The third-order valence-corrected chi connectivity index (χ3v) is 4.21. The van der Waals surface area contributed by atoms with E-state index in [1.54, 1.807) is 9.95 Å². The van der Waals surface area contributed by atoms with E-state index in [1.165, 1.54) is 0 Å². The molecule has 0 aliphatic heterocycles. The van der Waals surface area contributed by atoms with Crippen LogP contribution in [0.2, 0.25) is 0 Å². The lowest BCUT2D eigenvalue weighted by Crippen LogP contribution is -2.21. The first kappa shape index (κ1) is 15.4. The Morgan fingerprint density at radius 1 is 1.33 bits per heavy atom. The Hall–Kier alpha value is -1.95. The minimum absolute atomic E-state index is 0.0235. The summed E-state index contributed by atoms with van der Waals surface area (Å²) in [5, 5.41) is 4.70. The molecule has 0 bridgehead atoms. The van der Waals surface area contributed by atoms with Crippen molar-refractivity contribution in [1.82, 2.24) is 9.55 Å². The molecule has 0 spiro atoms. The van der Waals surface area contributed by atoms with Crippen molar-refractivity contribution in [3.8, 4) is 0 Å². The lowest BCUT2D eigenvalue weighted by molar-refractivity contribution is -0.116. The van der Waals surface area contributed by atoms with Crippen LogP contribution in [0.4, 0.5) is 5.69 Å². The number of thiazole rings is 1. The number of amides is 1. The van der Waals surface area contributed by atoms with E-state index in [2.05, 4.69) is 10.3 Å². The fraction of sp³-hybridized carbons (Fsp3) is 0.400. The maximum absolute atomic E-state index is 12.1.